The number of hydrogen-bond donors (Lipinski definition) is 1. The van der Waals surface area contributed by atoms with E-state index in [2.05, 4.69) is 19.2 Å². The Labute approximate surface area is 170 Å². The number of carbonyl (C=O) groups is 4. The molecule has 1 heterocycles. The quantitative estimate of drug-likeness (QED) is 0.450. The summed E-state index contributed by atoms with van der Waals surface area (Å²) in [6, 6.07) is 6.58. The van der Waals surface area contributed by atoms with Gasteiger partial charge in [0.05, 0.1) is 0 Å². The minimum Gasteiger partial charge on any atom is -0.456 e. The molecule has 3 rings (SSSR count). The third-order valence-electron chi connectivity index (χ3n) is 6.05. The van der Waals surface area contributed by atoms with Crippen molar-refractivity contribution in [1.82, 2.24) is 10.2 Å². The molecule has 1 aromatic carbocycles. The summed E-state index contributed by atoms with van der Waals surface area (Å²) in [6.07, 6.45) is 3.32. The molecular weight excluding hydrogens is 372 g/mol. The molecule has 1 spiro atoms. The molecule has 2 aliphatic rings. The Morgan fingerprint density at radius 1 is 1.21 bits per heavy atom. The van der Waals surface area contributed by atoms with Crippen LogP contribution in [0.25, 0.3) is 0 Å². The van der Waals surface area contributed by atoms with Crippen molar-refractivity contribution in [2.45, 2.75) is 57.9 Å². The van der Waals surface area contributed by atoms with Gasteiger partial charge in [-0.05, 0) is 30.2 Å². The van der Waals surface area contributed by atoms with Crippen molar-refractivity contribution in [1.29, 1.82) is 0 Å². The van der Waals surface area contributed by atoms with E-state index < -0.39 is 30.7 Å². The summed E-state index contributed by atoms with van der Waals surface area (Å²) in [5, 5.41) is 2.79. The lowest BCUT2D eigenvalue weighted by Gasteiger charge is -2.36. The molecule has 0 aromatic heterocycles. The number of rotatable bonds is 6. The first-order valence-corrected chi connectivity index (χ1v) is 10.2. The van der Waals surface area contributed by atoms with Crippen LogP contribution in [0, 0.1) is 5.92 Å². The number of amides is 3. The number of esters is 1. The predicted molar refractivity (Wildman–Crippen MR) is 106 cm³/mol. The molecule has 2 fully saturated rings. The molecule has 1 aromatic rings. The van der Waals surface area contributed by atoms with Crippen LogP contribution >= 0.6 is 0 Å². The van der Waals surface area contributed by atoms with Gasteiger partial charge in [0.2, 0.25) is 0 Å². The zero-order valence-corrected chi connectivity index (χ0v) is 17.2. The van der Waals surface area contributed by atoms with Gasteiger partial charge in [-0.3, -0.25) is 19.3 Å². The number of ketones is 1. The van der Waals surface area contributed by atoms with E-state index in [1.54, 1.807) is 12.1 Å². The summed E-state index contributed by atoms with van der Waals surface area (Å²) in [5.41, 5.74) is 0.652. The minimum atomic E-state index is -0.913. The lowest BCUT2D eigenvalue weighted by molar-refractivity contribution is -0.147. The van der Waals surface area contributed by atoms with Gasteiger partial charge >= 0.3 is 12.0 Å². The molecule has 3 amide bonds. The van der Waals surface area contributed by atoms with E-state index in [1.807, 2.05) is 19.1 Å². The Morgan fingerprint density at radius 2 is 1.90 bits per heavy atom. The standard InChI is InChI=1S/C22H28N2O5/c1-14(2)16-7-9-17(10-8-16)18(25)13-29-19(26)12-24-20(27)22(23-21(24)28)11-5-4-6-15(22)3/h7-10,14-15H,4-6,11-13H2,1-3H3,(H,23,28)/t15-,22+/m1/s1. The second kappa shape index (κ2) is 8.35. The van der Waals surface area contributed by atoms with Gasteiger partial charge in [0, 0.05) is 5.56 Å². The Hall–Kier alpha value is -2.70. The number of imide groups is 1. The fourth-order valence-electron chi connectivity index (χ4n) is 4.10. The highest BCUT2D eigenvalue weighted by molar-refractivity contribution is 6.09. The van der Waals surface area contributed by atoms with E-state index in [1.165, 1.54) is 0 Å². The van der Waals surface area contributed by atoms with Gasteiger partial charge in [0.1, 0.15) is 12.1 Å². The summed E-state index contributed by atoms with van der Waals surface area (Å²) in [5.74, 6) is -1.10. The maximum Gasteiger partial charge on any atom is 0.326 e. The third kappa shape index (κ3) is 4.18. The number of benzene rings is 1. The maximum absolute atomic E-state index is 12.9. The van der Waals surface area contributed by atoms with Gasteiger partial charge in [0.25, 0.3) is 5.91 Å². The first-order chi connectivity index (χ1) is 13.7. The van der Waals surface area contributed by atoms with Gasteiger partial charge < -0.3 is 10.1 Å². The average molecular weight is 400 g/mol. The fraction of sp³-hybridized carbons (Fsp3) is 0.545. The molecule has 7 heteroatoms. The molecule has 0 unspecified atom stereocenters. The van der Waals surface area contributed by atoms with E-state index >= 15 is 0 Å². The van der Waals surface area contributed by atoms with Crippen LogP contribution in [0.15, 0.2) is 24.3 Å². The maximum atomic E-state index is 12.9. The smallest absolute Gasteiger partial charge is 0.326 e. The predicted octanol–water partition coefficient (Wildman–Crippen LogP) is 3.04. The molecule has 1 saturated heterocycles. The van der Waals surface area contributed by atoms with Gasteiger partial charge in [-0.25, -0.2) is 4.79 Å². The van der Waals surface area contributed by atoms with Crippen molar-refractivity contribution < 1.29 is 23.9 Å². The minimum absolute atomic E-state index is 0.0177. The van der Waals surface area contributed by atoms with Gasteiger partial charge in [-0.2, -0.15) is 0 Å². The Bertz CT molecular complexity index is 817. The molecule has 156 valence electrons. The van der Waals surface area contributed by atoms with Crippen molar-refractivity contribution in [2.24, 2.45) is 5.92 Å². The molecule has 7 nitrogen and oxygen atoms in total. The number of carbonyl (C=O) groups excluding carboxylic acids is 4. The van der Waals surface area contributed by atoms with Crippen molar-refractivity contribution >= 4 is 23.7 Å². The van der Waals surface area contributed by atoms with E-state index in [-0.39, 0.29) is 17.6 Å². The summed E-state index contributed by atoms with van der Waals surface area (Å²) >= 11 is 0. The van der Waals surface area contributed by atoms with Crippen LogP contribution in [0.2, 0.25) is 0 Å². The highest BCUT2D eigenvalue weighted by atomic mass is 16.5. The topological polar surface area (TPSA) is 92.8 Å². The fourth-order valence-corrected chi connectivity index (χ4v) is 4.10. The zero-order valence-electron chi connectivity index (χ0n) is 17.2. The van der Waals surface area contributed by atoms with Crippen LogP contribution < -0.4 is 5.32 Å². The Morgan fingerprint density at radius 3 is 2.52 bits per heavy atom. The van der Waals surface area contributed by atoms with Crippen molar-refractivity contribution in [3.63, 3.8) is 0 Å². The normalized spacial score (nSPS) is 24.1. The first-order valence-electron chi connectivity index (χ1n) is 10.2. The van der Waals surface area contributed by atoms with Crippen LogP contribution in [0.4, 0.5) is 4.79 Å². The SMILES string of the molecule is CC(C)c1ccc(C(=O)COC(=O)CN2C(=O)N[C@]3(CCCC[C@H]3C)C2=O)cc1. The molecule has 1 saturated carbocycles. The third-order valence-corrected chi connectivity index (χ3v) is 6.05. The number of ether oxygens (including phenoxy) is 1. The number of hydrogen-bond acceptors (Lipinski definition) is 5. The number of Topliss-reactive ketones (excluding diaryl/α,β-unsaturated/α-hetero) is 1. The van der Waals surface area contributed by atoms with E-state index in [0.29, 0.717) is 17.9 Å². The van der Waals surface area contributed by atoms with E-state index in [4.69, 9.17) is 4.74 Å². The molecule has 1 aliphatic heterocycles. The highest BCUT2D eigenvalue weighted by Crippen LogP contribution is 2.38. The van der Waals surface area contributed by atoms with Crippen molar-refractivity contribution in [3.05, 3.63) is 35.4 Å². The lowest BCUT2D eigenvalue weighted by atomic mass is 9.73. The molecule has 2 atom stereocenters. The summed E-state index contributed by atoms with van der Waals surface area (Å²) in [7, 11) is 0. The highest BCUT2D eigenvalue weighted by Gasteiger charge is 2.55. The van der Waals surface area contributed by atoms with Crippen molar-refractivity contribution in [3.8, 4) is 0 Å². The van der Waals surface area contributed by atoms with Gasteiger partial charge in [-0.15, -0.1) is 0 Å². The number of nitrogens with one attached hydrogen (secondary N) is 1. The molecule has 1 N–H and O–H groups in total. The molecule has 0 radical (unpaired) electrons. The van der Waals surface area contributed by atoms with Crippen LogP contribution in [-0.2, 0) is 14.3 Å². The molecule has 29 heavy (non-hydrogen) atoms. The van der Waals surface area contributed by atoms with Crippen LogP contribution in [-0.4, -0.2) is 47.3 Å². The van der Waals surface area contributed by atoms with E-state index in [9.17, 15) is 19.2 Å². The van der Waals surface area contributed by atoms with Crippen LogP contribution in [0.1, 0.15) is 68.3 Å². The summed E-state index contributed by atoms with van der Waals surface area (Å²) in [6.45, 7) is 5.16. The second-order valence-electron chi connectivity index (χ2n) is 8.30. The average Bonchev–Trinajstić information content (AvgIpc) is 2.93. The summed E-state index contributed by atoms with van der Waals surface area (Å²) in [4.78, 5) is 50.5. The lowest BCUT2D eigenvalue weighted by Crippen LogP contribution is -2.54. The van der Waals surface area contributed by atoms with Gasteiger partial charge in [0.15, 0.2) is 12.4 Å². The largest absolute Gasteiger partial charge is 0.456 e. The van der Waals surface area contributed by atoms with Crippen LogP contribution in [0.5, 0.6) is 0 Å². The number of urea groups is 1. The Kier molecular flexibility index (Phi) is 6.05. The number of nitrogens with zero attached hydrogens (tertiary/aromatic N) is 1. The molecule has 1 aliphatic carbocycles. The molecule has 0 bridgehead atoms. The van der Waals surface area contributed by atoms with Crippen LogP contribution in [0.3, 0.4) is 0 Å². The van der Waals surface area contributed by atoms with Gasteiger partial charge in [-0.1, -0.05) is 57.9 Å². The second-order valence-corrected chi connectivity index (χ2v) is 8.30. The zero-order chi connectivity index (χ0) is 21.2. The summed E-state index contributed by atoms with van der Waals surface area (Å²) < 4.78 is 5.03. The Balaban J connectivity index is 1.56. The molecular formula is C22H28N2O5. The van der Waals surface area contributed by atoms with Crippen molar-refractivity contribution in [2.75, 3.05) is 13.2 Å². The first kappa shape index (κ1) is 21.0. The van der Waals surface area contributed by atoms with E-state index in [0.717, 1.165) is 29.7 Å². The monoisotopic (exact) mass is 400 g/mol.